The minimum Gasteiger partial charge on any atom is -0.350 e. The molecule has 0 amide bonds. The van der Waals surface area contributed by atoms with E-state index < -0.39 is 18.4 Å². The Labute approximate surface area is 129 Å². The molecule has 0 aliphatic carbocycles. The molecule has 0 spiro atoms. The number of rotatable bonds is 3. The standard InChI is InChI=1S/C14H13F3N4O2/c1-2-21-8-12(18-20-21)10-5-3-9(4-6-10)11-7-13(22,23-19-11)14(15,16)17/h3-6,8,22H,2,7H2,1H3. The van der Waals surface area contributed by atoms with Crippen LogP contribution in [0.2, 0.25) is 0 Å². The lowest BCUT2D eigenvalue weighted by molar-refractivity contribution is -0.355. The molecule has 23 heavy (non-hydrogen) atoms. The zero-order valence-corrected chi connectivity index (χ0v) is 12.1. The number of aliphatic hydroxyl groups is 1. The van der Waals surface area contributed by atoms with Crippen LogP contribution < -0.4 is 0 Å². The van der Waals surface area contributed by atoms with E-state index in [9.17, 15) is 18.3 Å². The summed E-state index contributed by atoms with van der Waals surface area (Å²) in [5.74, 6) is -3.26. The Hall–Kier alpha value is -2.42. The summed E-state index contributed by atoms with van der Waals surface area (Å²) in [6, 6.07) is 6.61. The second kappa shape index (κ2) is 5.34. The number of alkyl halides is 3. The van der Waals surface area contributed by atoms with E-state index in [2.05, 4.69) is 20.3 Å². The molecule has 1 aliphatic rings. The highest BCUT2D eigenvalue weighted by molar-refractivity contribution is 6.01. The highest BCUT2D eigenvalue weighted by atomic mass is 19.4. The molecule has 0 saturated carbocycles. The second-order valence-electron chi connectivity index (χ2n) is 5.13. The van der Waals surface area contributed by atoms with Crippen LogP contribution in [-0.4, -0.2) is 37.8 Å². The predicted octanol–water partition coefficient (Wildman–Crippen LogP) is 2.34. The molecule has 0 bridgehead atoms. The van der Waals surface area contributed by atoms with Crippen molar-refractivity contribution in [1.82, 2.24) is 15.0 Å². The van der Waals surface area contributed by atoms with Gasteiger partial charge in [0.25, 0.3) is 0 Å². The topological polar surface area (TPSA) is 72.5 Å². The van der Waals surface area contributed by atoms with Gasteiger partial charge in [0.1, 0.15) is 5.69 Å². The van der Waals surface area contributed by atoms with Crippen molar-refractivity contribution in [3.05, 3.63) is 36.0 Å². The highest BCUT2D eigenvalue weighted by Crippen LogP contribution is 2.39. The van der Waals surface area contributed by atoms with E-state index in [4.69, 9.17) is 0 Å². The maximum Gasteiger partial charge on any atom is 0.458 e. The van der Waals surface area contributed by atoms with Crippen molar-refractivity contribution in [3.63, 3.8) is 0 Å². The van der Waals surface area contributed by atoms with Gasteiger partial charge in [0.05, 0.1) is 18.3 Å². The van der Waals surface area contributed by atoms with Gasteiger partial charge in [-0.3, -0.25) is 4.68 Å². The van der Waals surface area contributed by atoms with Gasteiger partial charge in [-0.05, 0) is 12.5 Å². The van der Waals surface area contributed by atoms with E-state index in [-0.39, 0.29) is 5.71 Å². The molecule has 3 rings (SSSR count). The Kier molecular flexibility index (Phi) is 3.59. The van der Waals surface area contributed by atoms with Gasteiger partial charge in [-0.15, -0.1) is 5.10 Å². The third-order valence-electron chi connectivity index (χ3n) is 3.53. The van der Waals surface area contributed by atoms with E-state index in [1.807, 2.05) is 6.92 Å². The third-order valence-corrected chi connectivity index (χ3v) is 3.53. The molecule has 1 aromatic heterocycles. The molecule has 2 heterocycles. The quantitative estimate of drug-likeness (QED) is 0.940. The van der Waals surface area contributed by atoms with Crippen molar-refractivity contribution < 1.29 is 23.1 Å². The lowest BCUT2D eigenvalue weighted by Crippen LogP contribution is -2.45. The van der Waals surface area contributed by atoms with Crippen molar-refractivity contribution in [2.75, 3.05) is 0 Å². The van der Waals surface area contributed by atoms with Crippen LogP contribution in [0.4, 0.5) is 13.2 Å². The maximum absolute atomic E-state index is 12.7. The van der Waals surface area contributed by atoms with Gasteiger partial charge in [-0.25, -0.2) is 0 Å². The molecular formula is C14H13F3N4O2. The average molecular weight is 326 g/mol. The Morgan fingerprint density at radius 3 is 2.43 bits per heavy atom. The number of oxime groups is 1. The fourth-order valence-corrected chi connectivity index (χ4v) is 2.15. The fraction of sp³-hybridized carbons (Fsp3) is 0.357. The summed E-state index contributed by atoms with van der Waals surface area (Å²) in [4.78, 5) is 4.20. The predicted molar refractivity (Wildman–Crippen MR) is 74.4 cm³/mol. The maximum atomic E-state index is 12.7. The average Bonchev–Trinajstić information content (AvgIpc) is 3.14. The monoisotopic (exact) mass is 326 g/mol. The Morgan fingerprint density at radius 2 is 1.91 bits per heavy atom. The summed E-state index contributed by atoms with van der Waals surface area (Å²) in [7, 11) is 0. The second-order valence-corrected chi connectivity index (χ2v) is 5.13. The van der Waals surface area contributed by atoms with E-state index in [1.165, 1.54) is 0 Å². The van der Waals surface area contributed by atoms with Crippen molar-refractivity contribution in [2.24, 2.45) is 5.16 Å². The first-order valence-corrected chi connectivity index (χ1v) is 6.87. The van der Waals surface area contributed by atoms with E-state index in [1.54, 1.807) is 35.1 Å². The van der Waals surface area contributed by atoms with Crippen LogP contribution in [0.3, 0.4) is 0 Å². The zero-order valence-electron chi connectivity index (χ0n) is 12.1. The molecule has 0 fully saturated rings. The van der Waals surface area contributed by atoms with Crippen LogP contribution in [0.25, 0.3) is 11.3 Å². The molecule has 1 aliphatic heterocycles. The summed E-state index contributed by atoms with van der Waals surface area (Å²) < 4.78 is 39.7. The Morgan fingerprint density at radius 1 is 1.26 bits per heavy atom. The van der Waals surface area contributed by atoms with Gasteiger partial charge in [0.2, 0.25) is 0 Å². The van der Waals surface area contributed by atoms with E-state index in [0.29, 0.717) is 17.8 Å². The van der Waals surface area contributed by atoms with Gasteiger partial charge >= 0.3 is 12.0 Å². The first kappa shape index (κ1) is 15.5. The van der Waals surface area contributed by atoms with Crippen molar-refractivity contribution in [2.45, 2.75) is 31.9 Å². The van der Waals surface area contributed by atoms with Gasteiger partial charge < -0.3 is 9.94 Å². The number of aromatic nitrogens is 3. The zero-order chi connectivity index (χ0) is 16.7. The highest BCUT2D eigenvalue weighted by Gasteiger charge is 2.60. The van der Waals surface area contributed by atoms with Crippen molar-refractivity contribution >= 4 is 5.71 Å². The fourth-order valence-electron chi connectivity index (χ4n) is 2.15. The molecule has 9 heteroatoms. The van der Waals surface area contributed by atoms with Crippen LogP contribution in [0, 0.1) is 0 Å². The summed E-state index contributed by atoms with van der Waals surface area (Å²) in [6.07, 6.45) is -3.88. The Bertz CT molecular complexity index is 739. The molecule has 1 unspecified atom stereocenters. The van der Waals surface area contributed by atoms with Crippen molar-refractivity contribution in [1.29, 1.82) is 0 Å². The lowest BCUT2D eigenvalue weighted by Gasteiger charge is -2.22. The number of nitrogens with zero attached hydrogens (tertiary/aromatic N) is 4. The number of benzene rings is 1. The lowest BCUT2D eigenvalue weighted by atomic mass is 10.0. The van der Waals surface area contributed by atoms with Gasteiger partial charge in [0.15, 0.2) is 0 Å². The number of aryl methyl sites for hydroxylation is 1. The minimum absolute atomic E-state index is 0.0357. The molecule has 0 radical (unpaired) electrons. The van der Waals surface area contributed by atoms with Crippen LogP contribution >= 0.6 is 0 Å². The van der Waals surface area contributed by atoms with E-state index >= 15 is 0 Å². The third kappa shape index (κ3) is 2.79. The minimum atomic E-state index is -4.91. The largest absolute Gasteiger partial charge is 0.458 e. The molecular weight excluding hydrogens is 313 g/mol. The smallest absolute Gasteiger partial charge is 0.350 e. The summed E-state index contributed by atoms with van der Waals surface area (Å²) in [6.45, 7) is 2.62. The molecule has 1 aromatic carbocycles. The SMILES string of the molecule is CCn1cc(-c2ccc(C3=NOC(O)(C(F)(F)F)C3)cc2)nn1. The first-order chi connectivity index (χ1) is 10.8. The number of hydrogen-bond acceptors (Lipinski definition) is 5. The molecule has 1 N–H and O–H groups in total. The number of hydrogen-bond donors (Lipinski definition) is 1. The van der Waals surface area contributed by atoms with Crippen molar-refractivity contribution in [3.8, 4) is 11.3 Å². The molecule has 0 saturated heterocycles. The normalized spacial score (nSPS) is 21.2. The summed E-state index contributed by atoms with van der Waals surface area (Å²) in [5.41, 5.74) is 1.92. The summed E-state index contributed by atoms with van der Waals surface area (Å²) in [5, 5.41) is 20.7. The van der Waals surface area contributed by atoms with Crippen LogP contribution in [0.15, 0.2) is 35.6 Å². The van der Waals surface area contributed by atoms with Gasteiger partial charge in [0, 0.05) is 12.1 Å². The van der Waals surface area contributed by atoms with Gasteiger partial charge in [-0.1, -0.05) is 34.6 Å². The molecule has 2 aromatic rings. The Balaban J connectivity index is 1.78. The van der Waals surface area contributed by atoms with Crippen LogP contribution in [0.1, 0.15) is 18.9 Å². The first-order valence-electron chi connectivity index (χ1n) is 6.87. The molecule has 1 atom stereocenters. The molecule has 122 valence electrons. The number of halogens is 3. The van der Waals surface area contributed by atoms with E-state index in [0.717, 1.165) is 5.56 Å². The van der Waals surface area contributed by atoms with Crippen LogP contribution in [0.5, 0.6) is 0 Å². The summed E-state index contributed by atoms with van der Waals surface area (Å²) >= 11 is 0. The molecule has 6 nitrogen and oxygen atoms in total. The van der Waals surface area contributed by atoms with Crippen LogP contribution in [-0.2, 0) is 11.4 Å². The van der Waals surface area contributed by atoms with Gasteiger partial charge in [-0.2, -0.15) is 13.2 Å².